The molecule has 11 nitrogen and oxygen atoms in total. The number of aromatic carboxylic acids is 1. The van der Waals surface area contributed by atoms with Gasteiger partial charge in [0.15, 0.2) is 0 Å². The molecule has 5 rings (SSSR count). The van der Waals surface area contributed by atoms with Gasteiger partial charge in [0.25, 0.3) is 5.91 Å². The number of halogens is 1. The Hall–Kier alpha value is -3.67. The summed E-state index contributed by atoms with van der Waals surface area (Å²) in [6.45, 7) is 4.44. The number of nitrogens with one attached hydrogen (secondary N) is 2. The predicted octanol–water partition coefficient (Wildman–Crippen LogP) is 4.47. The summed E-state index contributed by atoms with van der Waals surface area (Å²) in [7, 11) is 1.44. The molecule has 2 atom stereocenters. The fourth-order valence-corrected chi connectivity index (χ4v) is 7.19. The Kier molecular flexibility index (Phi) is 12.3. The van der Waals surface area contributed by atoms with Crippen LogP contribution < -0.4 is 15.4 Å². The zero-order valence-electron chi connectivity index (χ0n) is 27.2. The summed E-state index contributed by atoms with van der Waals surface area (Å²) < 4.78 is 5.10. The van der Waals surface area contributed by atoms with Crippen molar-refractivity contribution >= 4 is 41.8 Å². The van der Waals surface area contributed by atoms with Crippen LogP contribution in [0.25, 0.3) is 0 Å². The van der Waals surface area contributed by atoms with E-state index in [9.17, 15) is 29.4 Å². The van der Waals surface area contributed by atoms with Gasteiger partial charge in [-0.05, 0) is 73.9 Å². The lowest BCUT2D eigenvalue weighted by atomic mass is 9.78. The third-order valence-electron chi connectivity index (χ3n) is 9.98. The van der Waals surface area contributed by atoms with E-state index in [4.69, 9.17) is 4.74 Å². The van der Waals surface area contributed by atoms with Crippen LogP contribution in [0, 0.1) is 5.92 Å². The first-order chi connectivity index (χ1) is 22.2. The van der Waals surface area contributed by atoms with Crippen molar-refractivity contribution in [3.8, 4) is 5.75 Å². The normalized spacial score (nSPS) is 20.7. The maximum atomic E-state index is 13.9. The van der Waals surface area contributed by atoms with E-state index in [0.717, 1.165) is 50.5 Å². The summed E-state index contributed by atoms with van der Waals surface area (Å²) in [6.07, 6.45) is 6.86. The Bertz CT molecular complexity index is 1420. The SMILES string of the molecule is CCCCN1C(=O)[C@@H]([C@H](O)C2CCCCC2)NC(=O)C12CCN(Cc1ccc(C(=O)Nc3ccc(OC)cc3C(=O)O)cc1)CC2.Cl. The number of piperidine rings is 1. The number of carbonyl (C=O) groups is 4. The maximum Gasteiger partial charge on any atom is 0.337 e. The Morgan fingerprint density at radius 1 is 1.06 bits per heavy atom. The number of ether oxygens (including phenoxy) is 1. The molecule has 256 valence electrons. The first-order valence-electron chi connectivity index (χ1n) is 16.5. The molecule has 12 heteroatoms. The number of aliphatic hydroxyl groups is 1. The van der Waals surface area contributed by atoms with Crippen molar-refractivity contribution < 1.29 is 34.1 Å². The second-order valence-electron chi connectivity index (χ2n) is 12.9. The largest absolute Gasteiger partial charge is 0.497 e. The van der Waals surface area contributed by atoms with Crippen molar-refractivity contribution in [3.05, 3.63) is 59.2 Å². The molecule has 0 radical (unpaired) electrons. The van der Waals surface area contributed by atoms with Crippen LogP contribution in [0.5, 0.6) is 5.75 Å². The van der Waals surface area contributed by atoms with E-state index in [1.54, 1.807) is 23.1 Å². The number of benzene rings is 2. The molecule has 2 heterocycles. The number of carbonyl (C=O) groups excluding carboxylic acids is 3. The molecule has 2 aliphatic heterocycles. The van der Waals surface area contributed by atoms with Gasteiger partial charge in [-0.25, -0.2) is 4.79 Å². The predicted molar refractivity (Wildman–Crippen MR) is 180 cm³/mol. The van der Waals surface area contributed by atoms with E-state index < -0.39 is 29.6 Å². The fourth-order valence-electron chi connectivity index (χ4n) is 7.19. The Labute approximate surface area is 282 Å². The Morgan fingerprint density at radius 2 is 1.74 bits per heavy atom. The number of carboxylic acids is 1. The smallest absolute Gasteiger partial charge is 0.337 e. The molecular weight excluding hydrogens is 624 g/mol. The van der Waals surface area contributed by atoms with Gasteiger partial charge in [0.1, 0.15) is 17.3 Å². The lowest BCUT2D eigenvalue weighted by molar-refractivity contribution is -0.166. The second kappa shape index (κ2) is 16.0. The number of nitrogens with zero attached hydrogens (tertiary/aromatic N) is 2. The lowest BCUT2D eigenvalue weighted by Crippen LogP contribution is -2.75. The molecule has 2 aromatic rings. The van der Waals surface area contributed by atoms with Crippen LogP contribution >= 0.6 is 12.4 Å². The molecule has 3 fully saturated rings. The highest BCUT2D eigenvalue weighted by molar-refractivity contribution is 6.08. The number of carboxylic acid groups (broad SMARTS) is 1. The van der Waals surface area contributed by atoms with Crippen molar-refractivity contribution in [1.29, 1.82) is 0 Å². The van der Waals surface area contributed by atoms with Crippen LogP contribution in [-0.4, -0.2) is 88.1 Å². The highest BCUT2D eigenvalue weighted by Crippen LogP contribution is 2.36. The van der Waals surface area contributed by atoms with E-state index in [1.807, 2.05) is 12.1 Å². The van der Waals surface area contributed by atoms with Gasteiger partial charge in [0.05, 0.1) is 24.5 Å². The number of piperazine rings is 1. The number of amides is 3. The van der Waals surface area contributed by atoms with Crippen LogP contribution in [0.4, 0.5) is 5.69 Å². The quantitative estimate of drug-likeness (QED) is 0.274. The third-order valence-corrected chi connectivity index (χ3v) is 9.98. The molecular formula is C35H47ClN4O7. The molecule has 3 amide bonds. The molecule has 1 aliphatic carbocycles. The zero-order chi connectivity index (χ0) is 32.8. The summed E-state index contributed by atoms with van der Waals surface area (Å²) >= 11 is 0. The number of unbranched alkanes of at least 4 members (excludes halogenated alkanes) is 1. The summed E-state index contributed by atoms with van der Waals surface area (Å²) in [5, 5.41) is 26.4. The van der Waals surface area contributed by atoms with Crippen molar-refractivity contribution in [2.45, 2.75) is 88.9 Å². The van der Waals surface area contributed by atoms with Gasteiger partial charge in [-0.3, -0.25) is 19.3 Å². The van der Waals surface area contributed by atoms with Gasteiger partial charge in [-0.15, -0.1) is 12.4 Å². The Morgan fingerprint density at radius 3 is 2.36 bits per heavy atom. The van der Waals surface area contributed by atoms with Gasteiger partial charge in [0, 0.05) is 31.7 Å². The monoisotopic (exact) mass is 670 g/mol. The van der Waals surface area contributed by atoms with Crippen molar-refractivity contribution in [1.82, 2.24) is 15.1 Å². The van der Waals surface area contributed by atoms with Gasteiger partial charge < -0.3 is 30.5 Å². The number of rotatable bonds is 11. The van der Waals surface area contributed by atoms with Gasteiger partial charge in [-0.1, -0.05) is 44.7 Å². The molecule has 0 aromatic heterocycles. The van der Waals surface area contributed by atoms with Crippen LogP contribution in [0.15, 0.2) is 42.5 Å². The standard InChI is InChI=1S/C35H46N4O7.ClH/c1-3-4-18-39-32(42)29(30(40)24-8-6-5-7-9-24)37-34(45)35(39)16-19-38(20-17-35)22-23-10-12-25(13-11-23)31(41)36-28-15-14-26(46-2)21-27(28)33(43)44;/h10-15,21,24,29-30,40H,3-9,16-20,22H2,1-2H3,(H,36,41)(H,37,45)(H,43,44);1H/t29-,30-;/m1./s1. The minimum absolute atomic E-state index is 0. The summed E-state index contributed by atoms with van der Waals surface area (Å²) in [4.78, 5) is 56.2. The molecule has 1 spiro atoms. The summed E-state index contributed by atoms with van der Waals surface area (Å²) in [5.74, 6) is -1.49. The number of hydrogen-bond donors (Lipinski definition) is 4. The van der Waals surface area contributed by atoms with E-state index in [1.165, 1.54) is 19.2 Å². The highest BCUT2D eigenvalue weighted by atomic mass is 35.5. The number of anilines is 1. The molecule has 3 aliphatic rings. The van der Waals surface area contributed by atoms with Gasteiger partial charge in [-0.2, -0.15) is 0 Å². The number of methoxy groups -OCH3 is 1. The topological polar surface area (TPSA) is 149 Å². The number of likely N-dealkylation sites (tertiary alicyclic amines) is 1. The van der Waals surface area contributed by atoms with E-state index in [0.29, 0.717) is 50.3 Å². The van der Waals surface area contributed by atoms with Gasteiger partial charge >= 0.3 is 5.97 Å². The minimum atomic E-state index is -1.17. The lowest BCUT2D eigenvalue weighted by Gasteiger charge is -2.52. The van der Waals surface area contributed by atoms with Crippen molar-refractivity contribution in [3.63, 3.8) is 0 Å². The molecule has 4 N–H and O–H groups in total. The van der Waals surface area contributed by atoms with Crippen LogP contribution in [0.2, 0.25) is 0 Å². The summed E-state index contributed by atoms with van der Waals surface area (Å²) in [5.41, 5.74) is 0.583. The van der Waals surface area contributed by atoms with Crippen molar-refractivity contribution in [2.75, 3.05) is 32.1 Å². The van der Waals surface area contributed by atoms with E-state index in [2.05, 4.69) is 22.5 Å². The molecule has 47 heavy (non-hydrogen) atoms. The number of aliphatic hydroxyl groups excluding tert-OH is 1. The number of hydrogen-bond acceptors (Lipinski definition) is 7. The zero-order valence-corrected chi connectivity index (χ0v) is 28.0. The van der Waals surface area contributed by atoms with Crippen LogP contribution in [-0.2, 0) is 16.1 Å². The Balaban J connectivity index is 0.00000500. The average Bonchev–Trinajstić information content (AvgIpc) is 3.07. The van der Waals surface area contributed by atoms with Gasteiger partial charge in [0.2, 0.25) is 11.8 Å². The summed E-state index contributed by atoms with van der Waals surface area (Å²) in [6, 6.07) is 10.7. The minimum Gasteiger partial charge on any atom is -0.497 e. The second-order valence-corrected chi connectivity index (χ2v) is 12.9. The highest BCUT2D eigenvalue weighted by Gasteiger charge is 2.55. The molecule has 0 unspecified atom stereocenters. The fraction of sp³-hybridized carbons (Fsp3) is 0.543. The van der Waals surface area contributed by atoms with E-state index in [-0.39, 0.29) is 41.4 Å². The van der Waals surface area contributed by atoms with Crippen molar-refractivity contribution in [2.24, 2.45) is 5.92 Å². The molecule has 2 aromatic carbocycles. The molecule has 1 saturated carbocycles. The third kappa shape index (κ3) is 7.90. The van der Waals surface area contributed by atoms with E-state index >= 15 is 0 Å². The van der Waals surface area contributed by atoms with Crippen LogP contribution in [0.3, 0.4) is 0 Å². The maximum absolute atomic E-state index is 13.9. The molecule has 0 bridgehead atoms. The average molecular weight is 671 g/mol. The first-order valence-corrected chi connectivity index (χ1v) is 16.5. The van der Waals surface area contributed by atoms with Crippen LogP contribution in [0.1, 0.15) is 91.0 Å². The molecule has 2 saturated heterocycles. The first kappa shape index (κ1) is 36.2.